The molecule has 0 spiro atoms. The predicted octanol–water partition coefficient (Wildman–Crippen LogP) is 0.635. The van der Waals surface area contributed by atoms with Crippen LogP contribution in [0.1, 0.15) is 37.7 Å². The Labute approximate surface area is 158 Å². The van der Waals surface area contributed by atoms with Gasteiger partial charge in [0, 0.05) is 33.0 Å². The van der Waals surface area contributed by atoms with Crippen molar-refractivity contribution in [2.45, 2.75) is 44.7 Å². The van der Waals surface area contributed by atoms with E-state index in [1.165, 1.54) is 4.90 Å². The Morgan fingerprint density at radius 1 is 1.15 bits per heavy atom. The monoisotopic (exact) mass is 378 g/mol. The first-order valence-corrected chi connectivity index (χ1v) is 8.70. The van der Waals surface area contributed by atoms with Gasteiger partial charge in [0.1, 0.15) is 6.42 Å². The third-order valence-electron chi connectivity index (χ3n) is 4.51. The van der Waals surface area contributed by atoms with Gasteiger partial charge in [-0.15, -0.1) is 0 Å². The van der Waals surface area contributed by atoms with Gasteiger partial charge >= 0.3 is 5.97 Å². The molecule has 1 aliphatic heterocycles. The number of benzene rings is 1. The van der Waals surface area contributed by atoms with Crippen LogP contribution >= 0.6 is 0 Å². The molecular formula is C19H26N2O6. The molecule has 148 valence electrons. The molecule has 0 aromatic heterocycles. The maximum Gasteiger partial charge on any atom is 0.310 e. The number of carbonyl (C=O) groups is 4. The number of carboxylic acid groups (broad SMARTS) is 1. The molecule has 1 heterocycles. The van der Waals surface area contributed by atoms with Gasteiger partial charge in [-0.25, -0.2) is 0 Å². The molecule has 0 saturated carbocycles. The van der Waals surface area contributed by atoms with Crippen LogP contribution < -0.4 is 0 Å². The van der Waals surface area contributed by atoms with Gasteiger partial charge in [-0.3, -0.25) is 19.2 Å². The number of ketones is 1. The summed E-state index contributed by atoms with van der Waals surface area (Å²) in [4.78, 5) is 50.3. The van der Waals surface area contributed by atoms with Crippen molar-refractivity contribution >= 4 is 23.6 Å². The summed E-state index contributed by atoms with van der Waals surface area (Å²) >= 11 is 0. The van der Waals surface area contributed by atoms with Gasteiger partial charge in [0.2, 0.25) is 11.8 Å². The van der Waals surface area contributed by atoms with E-state index in [-0.39, 0.29) is 30.1 Å². The summed E-state index contributed by atoms with van der Waals surface area (Å²) in [5.74, 6) is -2.05. The standard InChI is InChI=1S/C19H24N2O5.H2O/c1-20(13-14-6-3-2-4-7-14)17(23)9-10-18(24)21-11-5-8-15(21)16(22)12-19(25)26;/h2-4,6-7,15H,5,8-13H2,1H3,(H,25,26);1H2/t15-;/m0./s1. The molecule has 0 aliphatic carbocycles. The minimum absolute atomic E-state index is 0. The van der Waals surface area contributed by atoms with Crippen LogP contribution in [0, 0.1) is 0 Å². The van der Waals surface area contributed by atoms with Crippen LogP contribution in [0.15, 0.2) is 30.3 Å². The first-order valence-electron chi connectivity index (χ1n) is 8.70. The van der Waals surface area contributed by atoms with Gasteiger partial charge in [-0.1, -0.05) is 30.3 Å². The minimum atomic E-state index is -1.19. The molecule has 0 bridgehead atoms. The fourth-order valence-electron chi connectivity index (χ4n) is 3.16. The lowest BCUT2D eigenvalue weighted by Gasteiger charge is -2.24. The van der Waals surface area contributed by atoms with Crippen LogP contribution in [0.4, 0.5) is 0 Å². The highest BCUT2D eigenvalue weighted by Crippen LogP contribution is 2.21. The summed E-state index contributed by atoms with van der Waals surface area (Å²) in [5.41, 5.74) is 1.01. The molecule has 2 rings (SSSR count). The maximum absolute atomic E-state index is 12.4. The van der Waals surface area contributed by atoms with E-state index in [4.69, 9.17) is 5.11 Å². The highest BCUT2D eigenvalue weighted by atomic mass is 16.4. The van der Waals surface area contributed by atoms with E-state index >= 15 is 0 Å². The van der Waals surface area contributed by atoms with Crippen molar-refractivity contribution in [2.24, 2.45) is 0 Å². The summed E-state index contributed by atoms with van der Waals surface area (Å²) in [6.45, 7) is 0.903. The zero-order valence-electron chi connectivity index (χ0n) is 15.4. The van der Waals surface area contributed by atoms with E-state index in [1.54, 1.807) is 11.9 Å². The SMILES string of the molecule is CN(Cc1ccccc1)C(=O)CCC(=O)N1CCC[C@H]1C(=O)CC(=O)O.O. The average molecular weight is 378 g/mol. The van der Waals surface area contributed by atoms with E-state index in [0.717, 1.165) is 5.56 Å². The lowest BCUT2D eigenvalue weighted by Crippen LogP contribution is -2.41. The minimum Gasteiger partial charge on any atom is -0.481 e. The van der Waals surface area contributed by atoms with Crippen LogP contribution in [0.3, 0.4) is 0 Å². The fourth-order valence-corrected chi connectivity index (χ4v) is 3.16. The number of hydrogen-bond acceptors (Lipinski definition) is 4. The largest absolute Gasteiger partial charge is 0.481 e. The van der Waals surface area contributed by atoms with E-state index < -0.39 is 24.2 Å². The number of amides is 2. The number of likely N-dealkylation sites (tertiary alicyclic amines) is 1. The molecule has 27 heavy (non-hydrogen) atoms. The fraction of sp³-hybridized carbons (Fsp3) is 0.474. The lowest BCUT2D eigenvalue weighted by atomic mass is 10.1. The molecule has 2 amide bonds. The third kappa shape index (κ3) is 6.49. The predicted molar refractivity (Wildman–Crippen MR) is 97.8 cm³/mol. The molecule has 8 heteroatoms. The number of rotatable bonds is 8. The van der Waals surface area contributed by atoms with Crippen LogP contribution in [0.5, 0.6) is 0 Å². The molecule has 1 fully saturated rings. The van der Waals surface area contributed by atoms with Crippen LogP contribution in [0.25, 0.3) is 0 Å². The molecule has 0 unspecified atom stereocenters. The molecule has 0 radical (unpaired) electrons. The molecule has 3 N–H and O–H groups in total. The highest BCUT2D eigenvalue weighted by molar-refractivity contribution is 5.99. The van der Waals surface area contributed by atoms with Gasteiger partial charge in [0.05, 0.1) is 6.04 Å². The Kier molecular flexibility index (Phi) is 8.61. The number of carbonyl (C=O) groups excluding carboxylic acids is 3. The summed E-state index contributed by atoms with van der Waals surface area (Å²) in [7, 11) is 1.69. The molecular weight excluding hydrogens is 352 g/mol. The van der Waals surface area contributed by atoms with E-state index in [2.05, 4.69) is 0 Å². The Morgan fingerprint density at radius 3 is 2.44 bits per heavy atom. The Bertz CT molecular complexity index is 676. The third-order valence-corrected chi connectivity index (χ3v) is 4.51. The Balaban J connectivity index is 0.00000364. The van der Waals surface area contributed by atoms with E-state index in [9.17, 15) is 19.2 Å². The van der Waals surface area contributed by atoms with Crippen molar-refractivity contribution < 1.29 is 29.8 Å². The van der Waals surface area contributed by atoms with Crippen molar-refractivity contribution in [3.8, 4) is 0 Å². The molecule has 1 aliphatic rings. The highest BCUT2D eigenvalue weighted by Gasteiger charge is 2.34. The smallest absolute Gasteiger partial charge is 0.310 e. The number of hydrogen-bond donors (Lipinski definition) is 1. The topological polar surface area (TPSA) is 126 Å². The summed E-state index contributed by atoms with van der Waals surface area (Å²) in [6, 6.07) is 8.89. The first kappa shape index (κ1) is 22.3. The zero-order valence-corrected chi connectivity index (χ0v) is 15.4. The molecule has 1 saturated heterocycles. The van der Waals surface area contributed by atoms with E-state index in [0.29, 0.717) is 25.9 Å². The number of aliphatic carboxylic acids is 1. The zero-order chi connectivity index (χ0) is 19.1. The van der Waals surface area contributed by atoms with Crippen molar-refractivity contribution in [2.75, 3.05) is 13.6 Å². The second-order valence-electron chi connectivity index (χ2n) is 6.52. The van der Waals surface area contributed by atoms with Gasteiger partial charge in [-0.2, -0.15) is 0 Å². The van der Waals surface area contributed by atoms with Gasteiger partial charge in [0.15, 0.2) is 5.78 Å². The lowest BCUT2D eigenvalue weighted by molar-refractivity contribution is -0.144. The van der Waals surface area contributed by atoms with Crippen molar-refractivity contribution in [3.63, 3.8) is 0 Å². The van der Waals surface area contributed by atoms with Crippen molar-refractivity contribution in [1.29, 1.82) is 0 Å². The molecule has 1 aromatic rings. The molecule has 8 nitrogen and oxygen atoms in total. The Hall–Kier alpha value is -2.74. The van der Waals surface area contributed by atoms with Gasteiger partial charge < -0.3 is 20.4 Å². The average Bonchev–Trinajstić information content (AvgIpc) is 3.09. The normalized spacial score (nSPS) is 15.7. The number of Topliss-reactive ketones (excluding diaryl/α,β-unsaturated/α-hetero) is 1. The van der Waals surface area contributed by atoms with Gasteiger partial charge in [0.25, 0.3) is 0 Å². The second-order valence-corrected chi connectivity index (χ2v) is 6.52. The first-order chi connectivity index (χ1) is 12.4. The Morgan fingerprint density at radius 2 is 1.81 bits per heavy atom. The maximum atomic E-state index is 12.4. The summed E-state index contributed by atoms with van der Waals surface area (Å²) in [6.07, 6.45) is 0.670. The van der Waals surface area contributed by atoms with Crippen LogP contribution in [-0.2, 0) is 25.7 Å². The van der Waals surface area contributed by atoms with Crippen LogP contribution in [0.2, 0.25) is 0 Å². The van der Waals surface area contributed by atoms with Crippen molar-refractivity contribution in [3.05, 3.63) is 35.9 Å². The quantitative estimate of drug-likeness (QED) is 0.664. The van der Waals surface area contributed by atoms with Gasteiger partial charge in [-0.05, 0) is 18.4 Å². The van der Waals surface area contributed by atoms with E-state index in [1.807, 2.05) is 30.3 Å². The second kappa shape index (κ2) is 10.4. The van der Waals surface area contributed by atoms with Crippen molar-refractivity contribution in [1.82, 2.24) is 9.80 Å². The summed E-state index contributed by atoms with van der Waals surface area (Å²) in [5, 5.41) is 8.75. The molecule has 1 aromatic carbocycles. The molecule has 1 atom stereocenters. The number of carboxylic acids is 1. The van der Waals surface area contributed by atoms with Crippen LogP contribution in [-0.4, -0.2) is 63.6 Å². The number of nitrogens with zero attached hydrogens (tertiary/aromatic N) is 2. The summed E-state index contributed by atoms with van der Waals surface area (Å²) < 4.78 is 0.